The van der Waals surface area contributed by atoms with E-state index in [2.05, 4.69) is 0 Å². The van der Waals surface area contributed by atoms with Crippen molar-refractivity contribution >= 4 is 27.3 Å². The van der Waals surface area contributed by atoms with Gasteiger partial charge in [-0.15, -0.1) is 11.6 Å². The molecular formula is C17H20ClN3O4S. The lowest BCUT2D eigenvalue weighted by Crippen LogP contribution is -2.44. The van der Waals surface area contributed by atoms with Crippen LogP contribution in [0.15, 0.2) is 59.5 Å². The highest BCUT2D eigenvalue weighted by molar-refractivity contribution is 7.89. The lowest BCUT2D eigenvalue weighted by atomic mass is 10.1. The zero-order valence-electron chi connectivity index (χ0n) is 14.2. The number of para-hydroxylation sites is 1. The first-order chi connectivity index (χ1) is 12.2. The molecule has 0 saturated carbocycles. The molecule has 0 aromatic heterocycles. The average Bonchev–Trinajstić information content (AvgIpc) is 2.60. The Morgan fingerprint density at radius 3 is 2.31 bits per heavy atom. The van der Waals surface area contributed by atoms with Gasteiger partial charge in [-0.25, -0.2) is 8.42 Å². The Labute approximate surface area is 157 Å². The second kappa shape index (κ2) is 8.59. The van der Waals surface area contributed by atoms with Crippen molar-refractivity contribution in [1.82, 2.24) is 4.31 Å². The normalized spacial score (nSPS) is 14.2. The van der Waals surface area contributed by atoms with E-state index in [0.29, 0.717) is 0 Å². The Balaban J connectivity index is 2.43. The zero-order chi connectivity index (χ0) is 19.3. The van der Waals surface area contributed by atoms with Gasteiger partial charge in [0.05, 0.1) is 4.92 Å². The van der Waals surface area contributed by atoms with Gasteiger partial charge in [-0.05, 0) is 18.6 Å². The third kappa shape index (κ3) is 4.79. The van der Waals surface area contributed by atoms with Gasteiger partial charge in [-0.3, -0.25) is 10.1 Å². The molecule has 0 aliphatic rings. The molecule has 7 nitrogen and oxygen atoms in total. The van der Waals surface area contributed by atoms with Crippen LogP contribution in [0.4, 0.5) is 5.69 Å². The minimum atomic E-state index is -4.21. The number of sulfonamides is 1. The van der Waals surface area contributed by atoms with E-state index in [4.69, 9.17) is 17.3 Å². The zero-order valence-corrected chi connectivity index (χ0v) is 15.7. The van der Waals surface area contributed by atoms with E-state index in [1.807, 2.05) is 30.3 Å². The average molecular weight is 398 g/mol. The highest BCUT2D eigenvalue weighted by Crippen LogP contribution is 2.29. The lowest BCUT2D eigenvalue weighted by Gasteiger charge is -2.28. The molecule has 2 aromatic rings. The Morgan fingerprint density at radius 2 is 1.73 bits per heavy atom. The van der Waals surface area contributed by atoms with Crippen LogP contribution in [0, 0.1) is 10.1 Å². The second-order valence-electron chi connectivity index (χ2n) is 5.90. The number of benzene rings is 2. The molecule has 0 saturated heterocycles. The maximum atomic E-state index is 13.1. The molecule has 0 amide bonds. The highest BCUT2D eigenvalue weighted by Gasteiger charge is 2.35. The number of halogens is 1. The van der Waals surface area contributed by atoms with E-state index >= 15 is 0 Å². The Bertz CT molecular complexity index is 859. The molecule has 9 heteroatoms. The second-order valence-corrected chi connectivity index (χ2v) is 8.26. The quantitative estimate of drug-likeness (QED) is 0.319. The van der Waals surface area contributed by atoms with Gasteiger partial charge in [0.15, 0.2) is 4.90 Å². The molecule has 0 aliphatic carbocycles. The fraction of sp³-hybridized carbons (Fsp3) is 0.294. The molecule has 140 valence electrons. The smallest absolute Gasteiger partial charge is 0.289 e. The van der Waals surface area contributed by atoms with Gasteiger partial charge in [-0.1, -0.05) is 42.5 Å². The summed E-state index contributed by atoms with van der Waals surface area (Å²) in [7, 11) is -4.21. The van der Waals surface area contributed by atoms with Gasteiger partial charge in [0, 0.05) is 25.1 Å². The molecule has 0 radical (unpaired) electrons. The van der Waals surface area contributed by atoms with Crippen LogP contribution < -0.4 is 5.73 Å². The maximum Gasteiger partial charge on any atom is 0.289 e. The number of rotatable bonds is 8. The number of nitro benzene ring substituents is 1. The summed E-state index contributed by atoms with van der Waals surface area (Å²) in [6.07, 6.45) is 0.245. The third-order valence-electron chi connectivity index (χ3n) is 3.68. The van der Waals surface area contributed by atoms with Crippen molar-refractivity contribution in [2.75, 3.05) is 6.54 Å². The van der Waals surface area contributed by atoms with Gasteiger partial charge in [-0.2, -0.15) is 4.31 Å². The minimum absolute atomic E-state index is 0.0601. The van der Waals surface area contributed by atoms with Crippen molar-refractivity contribution in [2.24, 2.45) is 5.73 Å². The van der Waals surface area contributed by atoms with Gasteiger partial charge in [0.1, 0.15) is 5.50 Å². The standard InChI is InChI=1S/C17H20ClN3O4S/c1-13(19)12-20(17(18)11-14-7-3-2-4-8-14)26(24,25)16-10-6-5-9-15(16)21(22)23/h2-10,13,17H,11-12,19H2,1H3. The fourth-order valence-corrected chi connectivity index (χ4v) is 4.80. The first-order valence-electron chi connectivity index (χ1n) is 7.92. The Hall–Kier alpha value is -2.00. The number of hydrogen-bond donors (Lipinski definition) is 1. The van der Waals surface area contributed by atoms with Crippen LogP contribution in [0.5, 0.6) is 0 Å². The molecule has 0 spiro atoms. The first-order valence-corrected chi connectivity index (χ1v) is 9.80. The number of nitrogens with two attached hydrogens (primary N) is 1. The predicted molar refractivity (Wildman–Crippen MR) is 100 cm³/mol. The van der Waals surface area contributed by atoms with E-state index in [9.17, 15) is 18.5 Å². The molecule has 0 bridgehead atoms. The van der Waals surface area contributed by atoms with Crippen LogP contribution in [-0.4, -0.2) is 35.7 Å². The maximum absolute atomic E-state index is 13.1. The van der Waals surface area contributed by atoms with Crippen molar-refractivity contribution < 1.29 is 13.3 Å². The van der Waals surface area contributed by atoms with E-state index in [-0.39, 0.29) is 13.0 Å². The molecular weight excluding hydrogens is 378 g/mol. The summed E-state index contributed by atoms with van der Waals surface area (Å²) in [5, 5.41) is 11.2. The molecule has 26 heavy (non-hydrogen) atoms. The van der Waals surface area contributed by atoms with E-state index < -0.39 is 37.1 Å². The Morgan fingerprint density at radius 1 is 1.15 bits per heavy atom. The number of alkyl halides is 1. The summed E-state index contributed by atoms with van der Waals surface area (Å²) in [5.74, 6) is 0. The molecule has 0 aliphatic heterocycles. The molecule has 0 heterocycles. The van der Waals surface area contributed by atoms with Gasteiger partial charge in [0.2, 0.25) is 0 Å². The Kier molecular flexibility index (Phi) is 6.71. The van der Waals surface area contributed by atoms with Crippen molar-refractivity contribution in [3.05, 3.63) is 70.3 Å². The molecule has 2 N–H and O–H groups in total. The van der Waals surface area contributed by atoms with Crippen LogP contribution in [-0.2, 0) is 16.4 Å². The molecule has 2 unspecified atom stereocenters. The van der Waals surface area contributed by atoms with Crippen molar-refractivity contribution in [3.8, 4) is 0 Å². The van der Waals surface area contributed by atoms with Crippen molar-refractivity contribution in [2.45, 2.75) is 29.8 Å². The largest absolute Gasteiger partial charge is 0.327 e. The van der Waals surface area contributed by atoms with Crippen molar-refractivity contribution in [3.63, 3.8) is 0 Å². The van der Waals surface area contributed by atoms with Gasteiger partial charge < -0.3 is 5.73 Å². The van der Waals surface area contributed by atoms with E-state index in [1.54, 1.807) is 6.92 Å². The molecule has 2 atom stereocenters. The van der Waals surface area contributed by atoms with Crippen LogP contribution >= 0.6 is 11.6 Å². The lowest BCUT2D eigenvalue weighted by molar-refractivity contribution is -0.387. The van der Waals surface area contributed by atoms with Crippen LogP contribution in [0.25, 0.3) is 0 Å². The SMILES string of the molecule is CC(N)CN(C(Cl)Cc1ccccc1)S(=O)(=O)c1ccccc1[N+](=O)[O-]. The van der Waals surface area contributed by atoms with Gasteiger partial charge in [0.25, 0.3) is 15.7 Å². The molecule has 0 fully saturated rings. The van der Waals surface area contributed by atoms with Gasteiger partial charge >= 0.3 is 0 Å². The van der Waals surface area contributed by atoms with Crippen LogP contribution in [0.2, 0.25) is 0 Å². The summed E-state index contributed by atoms with van der Waals surface area (Å²) in [5.41, 5.74) is 5.21. The monoisotopic (exact) mass is 397 g/mol. The summed E-state index contributed by atoms with van der Waals surface area (Å²) >= 11 is 6.41. The molecule has 2 aromatic carbocycles. The summed E-state index contributed by atoms with van der Waals surface area (Å²) in [6.45, 7) is 1.59. The topological polar surface area (TPSA) is 107 Å². The predicted octanol–water partition coefficient (Wildman–Crippen LogP) is 2.74. The summed E-state index contributed by atoms with van der Waals surface area (Å²) < 4.78 is 27.2. The van der Waals surface area contributed by atoms with Crippen molar-refractivity contribution in [1.29, 1.82) is 0 Å². The summed E-state index contributed by atoms with van der Waals surface area (Å²) in [6, 6.07) is 13.9. The van der Waals surface area contributed by atoms with E-state index in [1.165, 1.54) is 18.2 Å². The number of nitro groups is 1. The highest BCUT2D eigenvalue weighted by atomic mass is 35.5. The minimum Gasteiger partial charge on any atom is -0.327 e. The molecule has 2 rings (SSSR count). The fourth-order valence-electron chi connectivity index (χ4n) is 2.51. The number of hydrogen-bond acceptors (Lipinski definition) is 5. The number of nitrogens with zero attached hydrogens (tertiary/aromatic N) is 2. The van der Waals surface area contributed by atoms with Crippen LogP contribution in [0.3, 0.4) is 0 Å². The summed E-state index contributed by atoms with van der Waals surface area (Å²) in [4.78, 5) is 10.1. The first kappa shape index (κ1) is 20.3. The van der Waals surface area contributed by atoms with Crippen LogP contribution in [0.1, 0.15) is 12.5 Å². The third-order valence-corrected chi connectivity index (χ3v) is 6.10. The van der Waals surface area contributed by atoms with E-state index in [0.717, 1.165) is 15.9 Å².